The van der Waals surface area contributed by atoms with Crippen LogP contribution in [0.1, 0.15) is 17.0 Å². The van der Waals surface area contributed by atoms with Crippen LogP contribution in [-0.2, 0) is 11.3 Å². The topological polar surface area (TPSA) is 102 Å². The Morgan fingerprint density at radius 3 is 2.44 bits per heavy atom. The lowest BCUT2D eigenvalue weighted by molar-refractivity contribution is -0.384. The van der Waals surface area contributed by atoms with Crippen molar-refractivity contribution in [2.24, 2.45) is 0 Å². The number of carbonyl (C=O) groups is 1. The van der Waals surface area contributed by atoms with Crippen molar-refractivity contribution in [1.82, 2.24) is 15.0 Å². The van der Waals surface area contributed by atoms with Crippen LogP contribution in [0.25, 0.3) is 0 Å². The number of nitro benzene ring substituents is 1. The van der Waals surface area contributed by atoms with Gasteiger partial charge in [0.05, 0.1) is 10.6 Å². The van der Waals surface area contributed by atoms with Gasteiger partial charge in [0.15, 0.2) is 6.61 Å². The van der Waals surface area contributed by atoms with Gasteiger partial charge in [0.2, 0.25) is 0 Å². The van der Waals surface area contributed by atoms with Gasteiger partial charge >= 0.3 is 0 Å². The highest BCUT2D eigenvalue weighted by molar-refractivity contribution is 5.77. The third kappa shape index (κ3) is 4.62. The number of nitrogens with zero attached hydrogens (tertiary/aromatic N) is 4. The fourth-order valence-corrected chi connectivity index (χ4v) is 3.01. The number of non-ortho nitro benzene ring substituents is 1. The van der Waals surface area contributed by atoms with Crippen molar-refractivity contribution < 1.29 is 19.0 Å². The molecule has 1 fully saturated rings. The third-order valence-corrected chi connectivity index (χ3v) is 4.70. The smallest absolute Gasteiger partial charge is 0.269 e. The van der Waals surface area contributed by atoms with Crippen LogP contribution in [0.5, 0.6) is 5.75 Å². The molecular formula is C18H22N4O5. The maximum absolute atomic E-state index is 12.3. The minimum atomic E-state index is -0.475. The number of piperazine rings is 1. The summed E-state index contributed by atoms with van der Waals surface area (Å²) in [7, 11) is 0. The number of hydrogen-bond donors (Lipinski definition) is 0. The molecule has 1 saturated heterocycles. The number of aromatic nitrogens is 1. The minimum absolute atomic E-state index is 0.0110. The van der Waals surface area contributed by atoms with Gasteiger partial charge in [0.1, 0.15) is 11.5 Å². The summed E-state index contributed by atoms with van der Waals surface area (Å²) in [6.45, 7) is 7.33. The fourth-order valence-electron chi connectivity index (χ4n) is 3.01. The molecule has 0 unspecified atom stereocenters. The second-order valence-corrected chi connectivity index (χ2v) is 6.50. The van der Waals surface area contributed by atoms with E-state index in [9.17, 15) is 14.9 Å². The van der Waals surface area contributed by atoms with Gasteiger partial charge in [-0.15, -0.1) is 0 Å². The van der Waals surface area contributed by atoms with E-state index in [2.05, 4.69) is 10.1 Å². The number of amides is 1. The van der Waals surface area contributed by atoms with Crippen molar-refractivity contribution in [3.63, 3.8) is 0 Å². The van der Waals surface area contributed by atoms with Gasteiger partial charge < -0.3 is 14.2 Å². The van der Waals surface area contributed by atoms with Crippen LogP contribution >= 0.6 is 0 Å². The Kier molecular flexibility index (Phi) is 5.70. The van der Waals surface area contributed by atoms with E-state index in [-0.39, 0.29) is 18.2 Å². The predicted octanol–water partition coefficient (Wildman–Crippen LogP) is 1.92. The molecule has 9 heteroatoms. The average molecular weight is 374 g/mol. The monoisotopic (exact) mass is 374 g/mol. The van der Waals surface area contributed by atoms with Crippen LogP contribution < -0.4 is 4.74 Å². The van der Waals surface area contributed by atoms with E-state index < -0.39 is 4.92 Å². The molecule has 1 aliphatic rings. The first-order valence-electron chi connectivity index (χ1n) is 8.73. The number of rotatable bonds is 6. The SMILES string of the molecule is Cc1noc(C)c1CN1CCN(C(=O)COc2ccc([N+](=O)[O-])cc2)CC1. The van der Waals surface area contributed by atoms with Crippen molar-refractivity contribution in [1.29, 1.82) is 0 Å². The minimum Gasteiger partial charge on any atom is -0.484 e. The zero-order chi connectivity index (χ0) is 19.4. The normalized spacial score (nSPS) is 15.0. The Morgan fingerprint density at radius 2 is 1.89 bits per heavy atom. The second-order valence-electron chi connectivity index (χ2n) is 6.50. The molecule has 9 nitrogen and oxygen atoms in total. The molecule has 0 bridgehead atoms. The molecule has 1 aromatic heterocycles. The number of benzene rings is 1. The molecule has 0 N–H and O–H groups in total. The fraction of sp³-hybridized carbons (Fsp3) is 0.444. The Labute approximate surface area is 156 Å². The summed E-state index contributed by atoms with van der Waals surface area (Å²) in [6.07, 6.45) is 0. The first-order chi connectivity index (χ1) is 12.9. The van der Waals surface area contributed by atoms with E-state index in [0.717, 1.165) is 36.7 Å². The number of aryl methyl sites for hydroxylation is 2. The quantitative estimate of drug-likeness (QED) is 0.562. The Bertz CT molecular complexity index is 790. The van der Waals surface area contributed by atoms with Crippen molar-refractivity contribution in [2.45, 2.75) is 20.4 Å². The van der Waals surface area contributed by atoms with Gasteiger partial charge in [-0.2, -0.15) is 0 Å². The highest BCUT2D eigenvalue weighted by Crippen LogP contribution is 2.18. The van der Waals surface area contributed by atoms with E-state index in [1.165, 1.54) is 24.3 Å². The van der Waals surface area contributed by atoms with Gasteiger partial charge in [-0.05, 0) is 26.0 Å². The lowest BCUT2D eigenvalue weighted by Crippen LogP contribution is -2.49. The number of carbonyl (C=O) groups excluding carboxylic acids is 1. The van der Waals surface area contributed by atoms with E-state index in [1.807, 2.05) is 13.8 Å². The Hall–Kier alpha value is -2.94. The van der Waals surface area contributed by atoms with Gasteiger partial charge in [-0.3, -0.25) is 19.8 Å². The number of nitro groups is 1. The number of hydrogen-bond acceptors (Lipinski definition) is 7. The Balaban J connectivity index is 1.45. The van der Waals surface area contributed by atoms with Crippen LogP contribution in [0.15, 0.2) is 28.8 Å². The average Bonchev–Trinajstić information content (AvgIpc) is 2.99. The molecule has 3 rings (SSSR count). The molecule has 2 aromatic rings. The molecule has 1 aliphatic heterocycles. The van der Waals surface area contributed by atoms with E-state index in [1.54, 1.807) is 4.90 Å². The largest absolute Gasteiger partial charge is 0.484 e. The molecule has 1 amide bonds. The molecular weight excluding hydrogens is 352 g/mol. The third-order valence-electron chi connectivity index (χ3n) is 4.70. The molecule has 1 aromatic carbocycles. The summed E-state index contributed by atoms with van der Waals surface area (Å²) < 4.78 is 10.6. The number of ether oxygens (including phenoxy) is 1. The van der Waals surface area contributed by atoms with Crippen molar-refractivity contribution in [3.05, 3.63) is 51.4 Å². The van der Waals surface area contributed by atoms with Gasteiger partial charge in [0.25, 0.3) is 11.6 Å². The second kappa shape index (κ2) is 8.17. The van der Waals surface area contributed by atoms with E-state index >= 15 is 0 Å². The van der Waals surface area contributed by atoms with Gasteiger partial charge in [-0.25, -0.2) is 0 Å². The lowest BCUT2D eigenvalue weighted by atomic mass is 10.2. The van der Waals surface area contributed by atoms with Crippen LogP contribution in [0, 0.1) is 24.0 Å². The maximum atomic E-state index is 12.3. The van der Waals surface area contributed by atoms with Crippen molar-refractivity contribution >= 4 is 11.6 Å². The molecule has 0 radical (unpaired) electrons. The summed E-state index contributed by atoms with van der Waals surface area (Å²) >= 11 is 0. The van der Waals surface area contributed by atoms with Crippen LogP contribution in [0.3, 0.4) is 0 Å². The van der Waals surface area contributed by atoms with Crippen molar-refractivity contribution in [3.8, 4) is 5.75 Å². The molecule has 2 heterocycles. The highest BCUT2D eigenvalue weighted by Gasteiger charge is 2.23. The van der Waals surface area contributed by atoms with E-state index in [0.29, 0.717) is 18.8 Å². The summed E-state index contributed by atoms with van der Waals surface area (Å²) in [5.41, 5.74) is 2.00. The zero-order valence-electron chi connectivity index (χ0n) is 15.4. The first-order valence-corrected chi connectivity index (χ1v) is 8.73. The summed E-state index contributed by atoms with van der Waals surface area (Å²) in [5.74, 6) is 1.18. The summed E-state index contributed by atoms with van der Waals surface area (Å²) in [4.78, 5) is 26.5. The molecule has 27 heavy (non-hydrogen) atoms. The van der Waals surface area contributed by atoms with Gasteiger partial charge in [-0.1, -0.05) is 5.16 Å². The first kappa shape index (κ1) is 18.8. The summed E-state index contributed by atoms with van der Waals surface area (Å²) in [5, 5.41) is 14.6. The standard InChI is InChI=1S/C18H22N4O5/c1-13-17(14(2)27-19-13)11-20-7-9-21(10-8-20)18(23)12-26-16-5-3-15(4-6-16)22(24)25/h3-6H,7-12H2,1-2H3. The Morgan fingerprint density at radius 1 is 1.22 bits per heavy atom. The van der Waals surface area contributed by atoms with Crippen molar-refractivity contribution in [2.75, 3.05) is 32.8 Å². The van der Waals surface area contributed by atoms with Crippen LogP contribution in [-0.4, -0.2) is 58.6 Å². The lowest BCUT2D eigenvalue weighted by Gasteiger charge is -2.34. The van der Waals surface area contributed by atoms with E-state index in [4.69, 9.17) is 9.26 Å². The molecule has 0 saturated carbocycles. The zero-order valence-corrected chi connectivity index (χ0v) is 15.4. The van der Waals surface area contributed by atoms with Gasteiger partial charge in [0, 0.05) is 50.4 Å². The summed E-state index contributed by atoms with van der Waals surface area (Å²) in [6, 6.07) is 5.69. The van der Waals surface area contributed by atoms with Crippen LogP contribution in [0.4, 0.5) is 5.69 Å². The molecule has 144 valence electrons. The molecule has 0 spiro atoms. The van der Waals surface area contributed by atoms with Crippen LogP contribution in [0.2, 0.25) is 0 Å². The molecule has 0 aliphatic carbocycles. The maximum Gasteiger partial charge on any atom is 0.269 e. The predicted molar refractivity (Wildman–Crippen MR) is 96.4 cm³/mol. The molecule has 0 atom stereocenters. The highest BCUT2D eigenvalue weighted by atomic mass is 16.6.